The molecule has 8 heteroatoms. The zero-order valence-electron chi connectivity index (χ0n) is 21.3. The van der Waals surface area contributed by atoms with Crippen LogP contribution in [0, 0.1) is 0 Å². The van der Waals surface area contributed by atoms with Gasteiger partial charge in [0.05, 0.1) is 26.6 Å². The van der Waals surface area contributed by atoms with Crippen LogP contribution in [0.2, 0.25) is 0 Å². The molecule has 0 aromatic heterocycles. The lowest BCUT2D eigenvalue weighted by Crippen LogP contribution is -2.39. The zero-order valence-corrected chi connectivity index (χ0v) is 21.3. The summed E-state index contributed by atoms with van der Waals surface area (Å²) in [6, 6.07) is 22.0. The molecule has 8 nitrogen and oxygen atoms in total. The average Bonchev–Trinajstić information content (AvgIpc) is 2.87. The van der Waals surface area contributed by atoms with Crippen molar-refractivity contribution in [2.75, 3.05) is 19.0 Å². The monoisotopic (exact) mass is 504 g/mol. The van der Waals surface area contributed by atoms with Crippen molar-refractivity contribution in [2.24, 2.45) is 0 Å². The van der Waals surface area contributed by atoms with Gasteiger partial charge in [-0.2, -0.15) is 0 Å². The molecule has 0 aliphatic carbocycles. The van der Waals surface area contributed by atoms with E-state index in [1.807, 2.05) is 43.3 Å². The van der Waals surface area contributed by atoms with Gasteiger partial charge < -0.3 is 24.8 Å². The number of benzene rings is 3. The van der Waals surface area contributed by atoms with E-state index in [1.54, 1.807) is 41.3 Å². The number of ketones is 1. The van der Waals surface area contributed by atoms with E-state index in [1.165, 1.54) is 14.0 Å². The average molecular weight is 505 g/mol. The van der Waals surface area contributed by atoms with Crippen LogP contribution >= 0.6 is 0 Å². The van der Waals surface area contributed by atoms with Gasteiger partial charge >= 0.3 is 12.1 Å². The van der Waals surface area contributed by atoms with Gasteiger partial charge in [0.1, 0.15) is 17.3 Å². The van der Waals surface area contributed by atoms with Gasteiger partial charge in [-0.1, -0.05) is 42.5 Å². The minimum Gasteiger partial charge on any atom is -0.481 e. The van der Waals surface area contributed by atoms with Crippen LogP contribution in [0.25, 0.3) is 0 Å². The molecular weight excluding hydrogens is 472 g/mol. The molecule has 3 aromatic carbocycles. The van der Waals surface area contributed by atoms with Crippen LogP contribution < -0.4 is 10.1 Å². The number of carbonyl (C=O) groups excluding carboxylic acids is 2. The van der Waals surface area contributed by atoms with Crippen LogP contribution in [-0.2, 0) is 33.7 Å². The molecule has 2 N–H and O–H groups in total. The number of carboxylic acids is 1. The third-order valence-corrected chi connectivity index (χ3v) is 5.74. The lowest BCUT2D eigenvalue weighted by Gasteiger charge is -2.29. The highest BCUT2D eigenvalue weighted by Crippen LogP contribution is 2.30. The molecule has 0 spiro atoms. The van der Waals surface area contributed by atoms with E-state index in [0.29, 0.717) is 34.7 Å². The molecule has 1 amide bonds. The highest BCUT2D eigenvalue weighted by atomic mass is 16.5. The minimum absolute atomic E-state index is 0.00945. The first-order valence-corrected chi connectivity index (χ1v) is 12.0. The van der Waals surface area contributed by atoms with Gasteiger partial charge in [-0.05, 0) is 61.7 Å². The van der Waals surface area contributed by atoms with E-state index in [-0.39, 0.29) is 31.3 Å². The van der Waals surface area contributed by atoms with Crippen LogP contribution in [0.3, 0.4) is 0 Å². The Morgan fingerprint density at radius 3 is 2.38 bits per heavy atom. The predicted octanol–water partition coefficient (Wildman–Crippen LogP) is 5.31. The Kier molecular flexibility index (Phi) is 9.66. The standard InChI is InChI=1S/C29H32N2O6/c1-20(14-22-8-5-4-6-9-22)31(29(35)36-3)19-24-17-25(30-18-21(2)32)12-13-27(24)37-26-11-7-10-23(15-26)16-28(33)34/h4-13,15,17,20,30H,14,16,18-19H2,1-3H3,(H,33,34)/t20-/m0/s1. The molecular formula is C29H32N2O6. The Morgan fingerprint density at radius 1 is 0.973 bits per heavy atom. The van der Waals surface area contributed by atoms with E-state index >= 15 is 0 Å². The van der Waals surface area contributed by atoms with Crippen molar-refractivity contribution in [3.8, 4) is 11.5 Å². The number of rotatable bonds is 12. The van der Waals surface area contributed by atoms with E-state index in [0.717, 1.165) is 5.56 Å². The second-order valence-electron chi connectivity index (χ2n) is 8.83. The molecule has 0 unspecified atom stereocenters. The number of Topliss-reactive ketones (excluding diaryl/α,β-unsaturated/α-hetero) is 1. The summed E-state index contributed by atoms with van der Waals surface area (Å²) >= 11 is 0. The van der Waals surface area contributed by atoms with Crippen molar-refractivity contribution in [3.63, 3.8) is 0 Å². The molecule has 1 atom stereocenters. The third kappa shape index (κ3) is 8.38. The van der Waals surface area contributed by atoms with Crippen LogP contribution in [0.4, 0.5) is 10.5 Å². The molecule has 3 rings (SSSR count). The fraction of sp³-hybridized carbons (Fsp3) is 0.276. The maximum atomic E-state index is 12.8. The number of methoxy groups -OCH3 is 1. The fourth-order valence-electron chi connectivity index (χ4n) is 3.93. The van der Waals surface area contributed by atoms with E-state index in [2.05, 4.69) is 5.32 Å². The molecule has 0 heterocycles. The number of carboxylic acid groups (broad SMARTS) is 1. The number of anilines is 1. The first-order chi connectivity index (χ1) is 17.7. The number of amides is 1. The number of aliphatic carboxylic acids is 1. The summed E-state index contributed by atoms with van der Waals surface area (Å²) in [4.78, 5) is 37.1. The van der Waals surface area contributed by atoms with Crippen molar-refractivity contribution >= 4 is 23.5 Å². The smallest absolute Gasteiger partial charge is 0.410 e. The molecule has 0 saturated heterocycles. The number of nitrogens with one attached hydrogen (secondary N) is 1. The maximum absolute atomic E-state index is 12.8. The Labute approximate surface area is 216 Å². The van der Waals surface area contributed by atoms with E-state index in [4.69, 9.17) is 14.6 Å². The normalized spacial score (nSPS) is 11.3. The Balaban J connectivity index is 1.92. The van der Waals surface area contributed by atoms with Crippen molar-refractivity contribution < 1.29 is 29.0 Å². The lowest BCUT2D eigenvalue weighted by atomic mass is 10.0. The molecule has 0 saturated carbocycles. The van der Waals surface area contributed by atoms with Gasteiger partial charge in [-0.25, -0.2) is 4.79 Å². The first kappa shape index (κ1) is 27.3. The Bertz CT molecular complexity index is 1230. The van der Waals surface area contributed by atoms with Crippen LogP contribution in [0.5, 0.6) is 11.5 Å². The molecule has 37 heavy (non-hydrogen) atoms. The Hall–Kier alpha value is -4.33. The van der Waals surface area contributed by atoms with Gasteiger partial charge in [0.25, 0.3) is 0 Å². The second kappa shape index (κ2) is 13.1. The number of hydrogen-bond donors (Lipinski definition) is 2. The predicted molar refractivity (Wildman–Crippen MR) is 141 cm³/mol. The summed E-state index contributed by atoms with van der Waals surface area (Å²) in [6.07, 6.45) is 0.0384. The molecule has 0 aliphatic heterocycles. The Morgan fingerprint density at radius 2 is 1.70 bits per heavy atom. The van der Waals surface area contributed by atoms with Gasteiger partial charge in [-0.3, -0.25) is 9.59 Å². The third-order valence-electron chi connectivity index (χ3n) is 5.74. The summed E-state index contributed by atoms with van der Waals surface area (Å²) in [5.41, 5.74) is 3.10. The molecule has 3 aromatic rings. The topological polar surface area (TPSA) is 105 Å². The highest BCUT2D eigenvalue weighted by Gasteiger charge is 2.23. The lowest BCUT2D eigenvalue weighted by molar-refractivity contribution is -0.136. The van der Waals surface area contributed by atoms with Gasteiger partial charge in [0.2, 0.25) is 0 Å². The molecule has 0 aliphatic rings. The quantitative estimate of drug-likeness (QED) is 0.345. The van der Waals surface area contributed by atoms with Gasteiger partial charge in [0, 0.05) is 17.3 Å². The summed E-state index contributed by atoms with van der Waals surface area (Å²) in [7, 11) is 1.35. The maximum Gasteiger partial charge on any atom is 0.410 e. The van der Waals surface area contributed by atoms with Crippen molar-refractivity contribution in [3.05, 3.63) is 89.5 Å². The van der Waals surface area contributed by atoms with Crippen molar-refractivity contribution in [1.82, 2.24) is 4.90 Å². The number of carbonyl (C=O) groups is 3. The first-order valence-electron chi connectivity index (χ1n) is 12.0. The fourth-order valence-corrected chi connectivity index (χ4v) is 3.93. The SMILES string of the molecule is COC(=O)N(Cc1cc(NCC(C)=O)ccc1Oc1cccc(CC(=O)O)c1)[C@@H](C)Cc1ccccc1. The van der Waals surface area contributed by atoms with Crippen molar-refractivity contribution in [2.45, 2.75) is 39.3 Å². The van der Waals surface area contributed by atoms with Gasteiger partial charge in [0.15, 0.2) is 0 Å². The molecule has 0 fully saturated rings. The molecule has 194 valence electrons. The zero-order chi connectivity index (χ0) is 26.8. The summed E-state index contributed by atoms with van der Waals surface area (Å²) in [5, 5.41) is 12.2. The summed E-state index contributed by atoms with van der Waals surface area (Å²) in [5.74, 6) is 0.0396. The summed E-state index contributed by atoms with van der Waals surface area (Å²) < 4.78 is 11.3. The van der Waals surface area contributed by atoms with Crippen LogP contribution in [-0.4, -0.2) is 47.5 Å². The van der Waals surface area contributed by atoms with Crippen LogP contribution in [0.1, 0.15) is 30.5 Å². The second-order valence-corrected chi connectivity index (χ2v) is 8.83. The number of nitrogens with zero attached hydrogens (tertiary/aromatic N) is 1. The van der Waals surface area contributed by atoms with Gasteiger partial charge in [-0.15, -0.1) is 0 Å². The van der Waals surface area contributed by atoms with E-state index in [9.17, 15) is 14.4 Å². The largest absolute Gasteiger partial charge is 0.481 e. The summed E-state index contributed by atoms with van der Waals surface area (Å²) in [6.45, 7) is 3.82. The van der Waals surface area contributed by atoms with E-state index < -0.39 is 12.1 Å². The number of hydrogen-bond acceptors (Lipinski definition) is 6. The van der Waals surface area contributed by atoms with Crippen molar-refractivity contribution in [1.29, 1.82) is 0 Å². The van der Waals surface area contributed by atoms with Crippen LogP contribution in [0.15, 0.2) is 72.8 Å². The highest BCUT2D eigenvalue weighted by molar-refractivity contribution is 5.80. The molecule has 0 bridgehead atoms. The molecule has 0 radical (unpaired) electrons. The number of ether oxygens (including phenoxy) is 2. The minimum atomic E-state index is -0.931.